The Morgan fingerprint density at radius 1 is 1.33 bits per heavy atom. The van der Waals surface area contributed by atoms with Gasteiger partial charge >= 0.3 is 5.69 Å². The molecular weight excluding hydrogens is 401 g/mol. The molecule has 0 aliphatic carbocycles. The van der Waals surface area contributed by atoms with Gasteiger partial charge in [0, 0.05) is 18.2 Å². The highest BCUT2D eigenvalue weighted by atomic mass is 19.3. The number of nitrogens with one attached hydrogen (secondary N) is 1. The van der Waals surface area contributed by atoms with E-state index in [-0.39, 0.29) is 28.5 Å². The van der Waals surface area contributed by atoms with Gasteiger partial charge in [-0.25, -0.2) is 23.1 Å². The van der Waals surface area contributed by atoms with Crippen molar-refractivity contribution in [3.05, 3.63) is 74.7 Å². The summed E-state index contributed by atoms with van der Waals surface area (Å²) in [5, 5.41) is 24.9. The molecule has 1 aromatic heterocycles. The number of halogens is 3. The predicted molar refractivity (Wildman–Crippen MR) is 100 cm³/mol. The fraction of sp³-hybridized carbons (Fsp3) is 0.250. The number of rotatable bonds is 6. The van der Waals surface area contributed by atoms with E-state index in [9.17, 15) is 18.7 Å². The molecule has 2 N–H and O–H groups in total. The van der Waals surface area contributed by atoms with E-state index >= 15 is 4.39 Å². The van der Waals surface area contributed by atoms with Gasteiger partial charge in [0.1, 0.15) is 11.6 Å². The Balaban J connectivity index is 2.08. The molecule has 10 heteroatoms. The first-order valence-corrected chi connectivity index (χ1v) is 8.79. The lowest BCUT2D eigenvalue weighted by atomic mass is 9.96. The molecule has 0 aliphatic rings. The number of aromatic nitrogens is 3. The van der Waals surface area contributed by atoms with Gasteiger partial charge in [-0.15, -0.1) is 0 Å². The molecule has 0 saturated carbocycles. The number of nitriles is 1. The molecule has 0 saturated heterocycles. The van der Waals surface area contributed by atoms with Crippen LogP contribution in [0.5, 0.6) is 11.5 Å². The van der Waals surface area contributed by atoms with E-state index in [1.54, 1.807) is 13.0 Å². The summed E-state index contributed by atoms with van der Waals surface area (Å²) in [6, 6.07) is 7.99. The van der Waals surface area contributed by atoms with Crippen molar-refractivity contribution < 1.29 is 23.0 Å². The van der Waals surface area contributed by atoms with Crippen molar-refractivity contribution in [1.82, 2.24) is 14.8 Å². The van der Waals surface area contributed by atoms with Crippen molar-refractivity contribution in [1.29, 1.82) is 5.26 Å². The van der Waals surface area contributed by atoms with E-state index < -0.39 is 36.0 Å². The van der Waals surface area contributed by atoms with Crippen LogP contribution in [0.25, 0.3) is 0 Å². The number of aliphatic hydroxyl groups excluding tert-OH is 1. The Kier molecular flexibility index (Phi) is 5.94. The molecule has 1 heterocycles. The van der Waals surface area contributed by atoms with Gasteiger partial charge in [-0.05, 0) is 30.7 Å². The number of aryl methyl sites for hydroxylation is 1. The molecule has 0 radical (unpaired) electrons. The number of nitrogens with zero attached hydrogens (tertiary/aromatic N) is 3. The Morgan fingerprint density at radius 3 is 2.63 bits per heavy atom. The summed E-state index contributed by atoms with van der Waals surface area (Å²) in [5.74, 6) is -2.08. The normalized spacial score (nSPS) is 12.1. The smallest absolute Gasteiger partial charge is 0.343 e. The minimum atomic E-state index is -2.84. The minimum Gasteiger partial charge on any atom is -0.454 e. The lowest BCUT2D eigenvalue weighted by Crippen LogP contribution is -2.19. The van der Waals surface area contributed by atoms with E-state index in [1.807, 2.05) is 0 Å². The maximum Gasteiger partial charge on any atom is 0.343 e. The Labute approximate surface area is 169 Å². The van der Waals surface area contributed by atoms with Crippen LogP contribution in [0.2, 0.25) is 0 Å². The van der Waals surface area contributed by atoms with Crippen molar-refractivity contribution in [2.45, 2.75) is 19.3 Å². The third-order valence-electron chi connectivity index (χ3n) is 4.64. The van der Waals surface area contributed by atoms with Crippen LogP contribution >= 0.6 is 0 Å². The largest absolute Gasteiger partial charge is 0.454 e. The van der Waals surface area contributed by atoms with Gasteiger partial charge in [-0.2, -0.15) is 10.4 Å². The van der Waals surface area contributed by atoms with Gasteiger partial charge in [0.25, 0.3) is 6.43 Å². The lowest BCUT2D eigenvalue weighted by molar-refractivity contribution is 0.151. The zero-order chi connectivity index (χ0) is 22.0. The number of hydrogen-bond donors (Lipinski definition) is 2. The highest BCUT2D eigenvalue weighted by molar-refractivity contribution is 5.47. The van der Waals surface area contributed by atoms with Crippen LogP contribution in [-0.2, 0) is 7.05 Å². The molecular formula is C20H17F3N4O3. The van der Waals surface area contributed by atoms with Gasteiger partial charge in [-0.1, -0.05) is 12.1 Å². The second-order valence-electron chi connectivity index (χ2n) is 6.60. The molecule has 1 atom stereocenters. The zero-order valence-corrected chi connectivity index (χ0v) is 16.0. The summed E-state index contributed by atoms with van der Waals surface area (Å²) in [4.78, 5) is 11.6. The fourth-order valence-corrected chi connectivity index (χ4v) is 3.04. The van der Waals surface area contributed by atoms with Crippen molar-refractivity contribution in [2.75, 3.05) is 6.61 Å². The molecule has 0 bridgehead atoms. The van der Waals surface area contributed by atoms with Gasteiger partial charge in [-0.3, -0.25) is 4.57 Å². The summed E-state index contributed by atoms with van der Waals surface area (Å²) in [5.41, 5.74) is -0.648. The van der Waals surface area contributed by atoms with Gasteiger partial charge < -0.3 is 9.84 Å². The second-order valence-corrected chi connectivity index (χ2v) is 6.60. The van der Waals surface area contributed by atoms with E-state index in [4.69, 9.17) is 10.00 Å². The molecule has 0 fully saturated rings. The first kappa shape index (κ1) is 21.1. The van der Waals surface area contributed by atoms with E-state index in [1.165, 1.54) is 25.2 Å². The molecule has 2 aromatic carbocycles. The Bertz CT molecular complexity index is 1180. The maximum absolute atomic E-state index is 15.3. The van der Waals surface area contributed by atoms with Crippen molar-refractivity contribution >= 4 is 0 Å². The molecule has 3 rings (SSSR count). The van der Waals surface area contributed by atoms with Crippen molar-refractivity contribution in [3.8, 4) is 17.6 Å². The average molecular weight is 418 g/mol. The van der Waals surface area contributed by atoms with Crippen LogP contribution in [0.4, 0.5) is 13.2 Å². The number of aromatic amines is 1. The van der Waals surface area contributed by atoms with E-state index in [0.29, 0.717) is 5.56 Å². The first-order chi connectivity index (χ1) is 14.3. The van der Waals surface area contributed by atoms with Crippen LogP contribution in [0, 0.1) is 24.1 Å². The molecule has 0 aliphatic heterocycles. The molecule has 156 valence electrons. The number of H-pyrrole nitrogens is 1. The second kappa shape index (κ2) is 8.42. The van der Waals surface area contributed by atoms with Crippen LogP contribution < -0.4 is 10.4 Å². The van der Waals surface area contributed by atoms with Gasteiger partial charge in [0.05, 0.1) is 24.2 Å². The number of ether oxygens (including phenoxy) is 1. The van der Waals surface area contributed by atoms with Gasteiger partial charge in [0.15, 0.2) is 11.6 Å². The molecule has 7 nitrogen and oxygen atoms in total. The third kappa shape index (κ3) is 3.92. The van der Waals surface area contributed by atoms with Crippen LogP contribution in [0.15, 0.2) is 35.1 Å². The predicted octanol–water partition coefficient (Wildman–Crippen LogP) is 3.28. The first-order valence-electron chi connectivity index (χ1n) is 8.79. The highest BCUT2D eigenvalue weighted by Crippen LogP contribution is 2.36. The average Bonchev–Trinajstić information content (AvgIpc) is 3.05. The van der Waals surface area contributed by atoms with E-state index in [0.717, 1.165) is 16.7 Å². The molecule has 0 spiro atoms. The SMILES string of the molecule is Cc1ccc(C(CO)c2n[nH]c(=O)n2C)c(F)c1Oc1cc(C#N)cc(C(F)F)c1. The highest BCUT2D eigenvalue weighted by Gasteiger charge is 2.26. The minimum absolute atomic E-state index is 0.00530. The molecule has 3 aromatic rings. The standard InChI is InChI=1S/C20H17F3N4O3/c1-10-3-4-14(15(9-28)19-25-26-20(29)27(19)2)16(21)17(10)30-13-6-11(8-24)5-12(7-13)18(22)23/h3-7,15,18,28H,9H2,1-2H3,(H,26,29). The Morgan fingerprint density at radius 2 is 2.07 bits per heavy atom. The lowest BCUT2D eigenvalue weighted by Gasteiger charge is -2.18. The number of alkyl halides is 2. The number of hydrogen-bond acceptors (Lipinski definition) is 5. The van der Waals surface area contributed by atoms with Crippen molar-refractivity contribution in [2.24, 2.45) is 7.05 Å². The quantitative estimate of drug-likeness (QED) is 0.639. The molecule has 0 amide bonds. The molecule has 1 unspecified atom stereocenters. The van der Waals surface area contributed by atoms with Crippen LogP contribution in [0.1, 0.15) is 40.4 Å². The Hall–Kier alpha value is -3.58. The number of benzene rings is 2. The summed E-state index contributed by atoms with van der Waals surface area (Å²) in [7, 11) is 1.42. The maximum atomic E-state index is 15.3. The summed E-state index contributed by atoms with van der Waals surface area (Å²) in [6.45, 7) is 1.01. The molecule has 30 heavy (non-hydrogen) atoms. The summed E-state index contributed by atoms with van der Waals surface area (Å²) < 4.78 is 48.2. The van der Waals surface area contributed by atoms with Crippen LogP contribution in [-0.4, -0.2) is 26.5 Å². The fourth-order valence-electron chi connectivity index (χ4n) is 3.04. The number of aliphatic hydroxyl groups is 1. The summed E-state index contributed by atoms with van der Waals surface area (Å²) >= 11 is 0. The van der Waals surface area contributed by atoms with Crippen LogP contribution in [0.3, 0.4) is 0 Å². The van der Waals surface area contributed by atoms with Gasteiger partial charge in [0.2, 0.25) is 0 Å². The van der Waals surface area contributed by atoms with Crippen molar-refractivity contribution in [3.63, 3.8) is 0 Å². The monoisotopic (exact) mass is 418 g/mol. The van der Waals surface area contributed by atoms with E-state index in [2.05, 4.69) is 10.2 Å². The zero-order valence-electron chi connectivity index (χ0n) is 16.0. The topological polar surface area (TPSA) is 104 Å². The summed E-state index contributed by atoms with van der Waals surface area (Å²) in [6.07, 6.45) is -2.84. The third-order valence-corrected chi connectivity index (χ3v) is 4.64.